The van der Waals surface area contributed by atoms with Crippen LogP contribution in [-0.4, -0.2) is 64.1 Å². The maximum atomic E-state index is 12.9. The van der Waals surface area contributed by atoms with Crippen molar-refractivity contribution in [2.75, 3.05) is 33.7 Å². The zero-order chi connectivity index (χ0) is 18.0. The Bertz CT molecular complexity index is 714. The number of carbonyl (C=O) groups excluding carboxylic acids is 1. The summed E-state index contributed by atoms with van der Waals surface area (Å²) < 4.78 is 7.38. The fraction of sp³-hybridized carbons (Fsp3) is 0.611. The molecule has 2 aromatic heterocycles. The molecule has 136 valence electrons. The monoisotopic (exact) mass is 345 g/mol. The molecule has 3 heterocycles. The van der Waals surface area contributed by atoms with Crippen LogP contribution in [0.5, 0.6) is 0 Å². The zero-order valence-electron chi connectivity index (χ0n) is 15.5. The van der Waals surface area contributed by atoms with Gasteiger partial charge in [-0.05, 0) is 40.8 Å². The van der Waals surface area contributed by atoms with Gasteiger partial charge < -0.3 is 18.9 Å². The van der Waals surface area contributed by atoms with Crippen molar-refractivity contribution in [2.45, 2.75) is 39.2 Å². The summed E-state index contributed by atoms with van der Waals surface area (Å²) in [5.41, 5.74) is 1.27. The third-order valence-corrected chi connectivity index (χ3v) is 4.86. The number of aromatic nitrogens is 3. The van der Waals surface area contributed by atoms with E-state index in [-0.39, 0.29) is 11.8 Å². The van der Waals surface area contributed by atoms with Gasteiger partial charge in [0, 0.05) is 44.5 Å². The van der Waals surface area contributed by atoms with Crippen molar-refractivity contribution in [3.63, 3.8) is 0 Å². The molecule has 25 heavy (non-hydrogen) atoms. The van der Waals surface area contributed by atoms with Crippen LogP contribution in [0.1, 0.15) is 46.4 Å². The van der Waals surface area contributed by atoms with Gasteiger partial charge in [-0.3, -0.25) is 4.79 Å². The average Bonchev–Trinajstić information content (AvgIpc) is 3.19. The second kappa shape index (κ2) is 7.39. The second-order valence-electron chi connectivity index (χ2n) is 7.07. The van der Waals surface area contributed by atoms with E-state index in [2.05, 4.69) is 33.7 Å². The standard InChI is InChI=1S/C18H27N5O2/c1-13-16(14(2)25-20-13)18(24)23-8-5-6-15(12-23)17-19-7-9-22(17)11-10-21(3)4/h7,9,15H,5-6,8,10-12H2,1-4H3/t15-/m0/s1. The third kappa shape index (κ3) is 3.76. The number of likely N-dealkylation sites (tertiary alicyclic amines) is 1. The number of hydrogen-bond acceptors (Lipinski definition) is 5. The predicted octanol–water partition coefficient (Wildman–Crippen LogP) is 2.07. The van der Waals surface area contributed by atoms with Gasteiger partial charge in [0.25, 0.3) is 5.91 Å². The highest BCUT2D eigenvalue weighted by Crippen LogP contribution is 2.28. The number of piperidine rings is 1. The topological polar surface area (TPSA) is 67.4 Å². The summed E-state index contributed by atoms with van der Waals surface area (Å²) in [4.78, 5) is 21.6. The van der Waals surface area contributed by atoms with Crippen LogP contribution < -0.4 is 0 Å². The lowest BCUT2D eigenvalue weighted by atomic mass is 9.96. The minimum Gasteiger partial charge on any atom is -0.361 e. The lowest BCUT2D eigenvalue weighted by molar-refractivity contribution is 0.0700. The molecule has 1 atom stereocenters. The number of hydrogen-bond donors (Lipinski definition) is 0. The number of carbonyl (C=O) groups is 1. The fourth-order valence-corrected chi connectivity index (χ4v) is 3.50. The number of nitrogens with zero attached hydrogens (tertiary/aromatic N) is 5. The zero-order valence-corrected chi connectivity index (χ0v) is 15.5. The van der Waals surface area contributed by atoms with Crippen LogP contribution in [0.15, 0.2) is 16.9 Å². The number of amides is 1. The van der Waals surface area contributed by atoms with Crippen molar-refractivity contribution in [2.24, 2.45) is 0 Å². The van der Waals surface area contributed by atoms with E-state index in [4.69, 9.17) is 4.52 Å². The molecule has 1 aliphatic heterocycles. The Hall–Kier alpha value is -2.15. The quantitative estimate of drug-likeness (QED) is 0.830. The van der Waals surface area contributed by atoms with Gasteiger partial charge in [0.2, 0.25) is 0 Å². The van der Waals surface area contributed by atoms with Crippen LogP contribution in [0.2, 0.25) is 0 Å². The van der Waals surface area contributed by atoms with Crippen molar-refractivity contribution in [1.82, 2.24) is 24.5 Å². The number of likely N-dealkylation sites (N-methyl/N-ethyl adjacent to an activating group) is 1. The van der Waals surface area contributed by atoms with E-state index < -0.39 is 0 Å². The maximum Gasteiger partial charge on any atom is 0.259 e. The normalized spacial score (nSPS) is 18.1. The van der Waals surface area contributed by atoms with Crippen LogP contribution in [0, 0.1) is 13.8 Å². The van der Waals surface area contributed by atoms with Crippen molar-refractivity contribution >= 4 is 5.91 Å². The summed E-state index contributed by atoms with van der Waals surface area (Å²) in [6.07, 6.45) is 5.94. The molecule has 1 saturated heterocycles. The lowest BCUT2D eigenvalue weighted by Crippen LogP contribution is -2.40. The highest BCUT2D eigenvalue weighted by Gasteiger charge is 2.30. The largest absolute Gasteiger partial charge is 0.361 e. The van der Waals surface area contributed by atoms with Gasteiger partial charge in [-0.1, -0.05) is 5.16 Å². The number of imidazole rings is 1. The van der Waals surface area contributed by atoms with Crippen LogP contribution in [0.3, 0.4) is 0 Å². The van der Waals surface area contributed by atoms with Gasteiger partial charge in [-0.15, -0.1) is 0 Å². The predicted molar refractivity (Wildman–Crippen MR) is 94.6 cm³/mol. The van der Waals surface area contributed by atoms with E-state index in [0.717, 1.165) is 38.3 Å². The molecule has 0 unspecified atom stereocenters. The molecule has 0 aliphatic carbocycles. The Balaban J connectivity index is 1.74. The molecule has 0 spiro atoms. The lowest BCUT2D eigenvalue weighted by Gasteiger charge is -2.32. The molecule has 2 aromatic rings. The first-order chi connectivity index (χ1) is 12.0. The Morgan fingerprint density at radius 2 is 2.20 bits per heavy atom. The van der Waals surface area contributed by atoms with Crippen LogP contribution >= 0.6 is 0 Å². The van der Waals surface area contributed by atoms with Crippen LogP contribution in [-0.2, 0) is 6.54 Å². The van der Waals surface area contributed by atoms with E-state index in [9.17, 15) is 4.79 Å². The van der Waals surface area contributed by atoms with Gasteiger partial charge in [0.05, 0.1) is 5.69 Å². The summed E-state index contributed by atoms with van der Waals surface area (Å²) in [6, 6.07) is 0. The molecule has 1 fully saturated rings. The minimum atomic E-state index is 0.0207. The average molecular weight is 345 g/mol. The summed E-state index contributed by atoms with van der Waals surface area (Å²) in [5.74, 6) is 1.97. The van der Waals surface area contributed by atoms with Gasteiger partial charge in [-0.25, -0.2) is 4.98 Å². The third-order valence-electron chi connectivity index (χ3n) is 4.86. The Labute approximate surface area is 148 Å². The van der Waals surface area contributed by atoms with Crippen LogP contribution in [0.25, 0.3) is 0 Å². The Morgan fingerprint density at radius 3 is 2.88 bits per heavy atom. The molecular formula is C18H27N5O2. The molecule has 0 N–H and O–H groups in total. The first-order valence-electron chi connectivity index (χ1n) is 8.85. The van der Waals surface area contributed by atoms with E-state index >= 15 is 0 Å². The van der Waals surface area contributed by atoms with Gasteiger partial charge in [-0.2, -0.15) is 0 Å². The van der Waals surface area contributed by atoms with Crippen LogP contribution in [0.4, 0.5) is 0 Å². The molecule has 1 amide bonds. The van der Waals surface area contributed by atoms with E-state index in [1.807, 2.05) is 24.2 Å². The van der Waals surface area contributed by atoms with E-state index in [1.54, 1.807) is 6.92 Å². The minimum absolute atomic E-state index is 0.0207. The molecular weight excluding hydrogens is 318 g/mol. The second-order valence-corrected chi connectivity index (χ2v) is 7.07. The molecule has 1 aliphatic rings. The maximum absolute atomic E-state index is 12.9. The molecule has 0 saturated carbocycles. The smallest absolute Gasteiger partial charge is 0.259 e. The van der Waals surface area contributed by atoms with Gasteiger partial charge in [0.15, 0.2) is 0 Å². The molecule has 7 nitrogen and oxygen atoms in total. The Kier molecular flexibility index (Phi) is 5.22. The van der Waals surface area contributed by atoms with Gasteiger partial charge >= 0.3 is 0 Å². The van der Waals surface area contributed by atoms with Gasteiger partial charge in [0.1, 0.15) is 17.1 Å². The highest BCUT2D eigenvalue weighted by atomic mass is 16.5. The summed E-state index contributed by atoms with van der Waals surface area (Å²) >= 11 is 0. The molecule has 7 heteroatoms. The SMILES string of the molecule is Cc1noc(C)c1C(=O)N1CCC[C@H](c2nccn2CCN(C)C)C1. The van der Waals surface area contributed by atoms with Crippen molar-refractivity contribution < 1.29 is 9.32 Å². The summed E-state index contributed by atoms with van der Waals surface area (Å²) in [7, 11) is 4.14. The summed E-state index contributed by atoms with van der Waals surface area (Å²) in [5, 5.41) is 3.91. The first-order valence-corrected chi connectivity index (χ1v) is 8.85. The Morgan fingerprint density at radius 1 is 1.40 bits per heavy atom. The fourth-order valence-electron chi connectivity index (χ4n) is 3.50. The first kappa shape index (κ1) is 17.7. The van der Waals surface area contributed by atoms with E-state index in [0.29, 0.717) is 23.6 Å². The number of aryl methyl sites for hydroxylation is 2. The van der Waals surface area contributed by atoms with Crippen molar-refractivity contribution in [3.05, 3.63) is 35.2 Å². The van der Waals surface area contributed by atoms with Crippen molar-refractivity contribution in [3.8, 4) is 0 Å². The number of rotatable bonds is 5. The molecule has 3 rings (SSSR count). The van der Waals surface area contributed by atoms with Crippen molar-refractivity contribution in [1.29, 1.82) is 0 Å². The highest BCUT2D eigenvalue weighted by molar-refractivity contribution is 5.96. The summed E-state index contributed by atoms with van der Waals surface area (Å²) in [6.45, 7) is 6.97. The molecule has 0 bridgehead atoms. The molecule has 0 aromatic carbocycles. The molecule has 0 radical (unpaired) electrons. The van der Waals surface area contributed by atoms with E-state index in [1.165, 1.54) is 0 Å².